The molecule has 0 bridgehead atoms. The average molecular weight is 216 g/mol. The lowest BCUT2D eigenvalue weighted by Gasteiger charge is -2.16. The Kier molecular flexibility index (Phi) is 6.70. The lowest BCUT2D eigenvalue weighted by Crippen LogP contribution is -2.45. The molecule has 0 aliphatic carbocycles. The molecule has 1 atom stereocenters. The smallest absolute Gasteiger partial charge is 0.326 e. The van der Waals surface area contributed by atoms with Crippen molar-refractivity contribution in [3.05, 3.63) is 0 Å². The lowest BCUT2D eigenvalue weighted by atomic mass is 10.0. The van der Waals surface area contributed by atoms with Gasteiger partial charge in [0.25, 0.3) is 0 Å². The molecule has 0 aromatic heterocycles. The zero-order valence-electron chi connectivity index (χ0n) is 9.54. The standard InChI is InChI=1S/C10H20N2O3/c1-4-11-6-9(13)12-8(10(14)15)5-7(2)3/h7-8,11H,4-6H2,1-3H3,(H,12,13)(H,14,15). The van der Waals surface area contributed by atoms with Crippen LogP contribution in [0.4, 0.5) is 0 Å². The van der Waals surface area contributed by atoms with Gasteiger partial charge < -0.3 is 15.7 Å². The van der Waals surface area contributed by atoms with E-state index in [-0.39, 0.29) is 18.4 Å². The van der Waals surface area contributed by atoms with Crippen LogP contribution in [0, 0.1) is 5.92 Å². The molecule has 1 unspecified atom stereocenters. The van der Waals surface area contributed by atoms with Crippen LogP contribution in [0.3, 0.4) is 0 Å². The molecular formula is C10H20N2O3. The molecule has 0 spiro atoms. The molecule has 5 nitrogen and oxygen atoms in total. The second-order valence-corrected chi connectivity index (χ2v) is 3.87. The van der Waals surface area contributed by atoms with E-state index in [4.69, 9.17) is 5.11 Å². The summed E-state index contributed by atoms with van der Waals surface area (Å²) in [6, 6.07) is -0.781. The first-order valence-electron chi connectivity index (χ1n) is 5.20. The second-order valence-electron chi connectivity index (χ2n) is 3.87. The maximum Gasteiger partial charge on any atom is 0.326 e. The van der Waals surface area contributed by atoms with Crippen LogP contribution in [-0.2, 0) is 9.59 Å². The van der Waals surface area contributed by atoms with Crippen molar-refractivity contribution in [2.24, 2.45) is 5.92 Å². The number of rotatable bonds is 7. The van der Waals surface area contributed by atoms with Gasteiger partial charge in [-0.15, -0.1) is 0 Å². The van der Waals surface area contributed by atoms with E-state index in [2.05, 4.69) is 10.6 Å². The molecule has 0 aliphatic rings. The Bertz CT molecular complexity index is 217. The van der Waals surface area contributed by atoms with E-state index in [0.717, 1.165) is 0 Å². The summed E-state index contributed by atoms with van der Waals surface area (Å²) < 4.78 is 0. The molecule has 3 N–H and O–H groups in total. The van der Waals surface area contributed by atoms with Gasteiger partial charge in [0.1, 0.15) is 6.04 Å². The predicted octanol–water partition coefficient (Wildman–Crippen LogP) is 0.211. The molecule has 0 aromatic rings. The number of hydrogen-bond donors (Lipinski definition) is 3. The van der Waals surface area contributed by atoms with Crippen LogP contribution in [0.2, 0.25) is 0 Å². The monoisotopic (exact) mass is 216 g/mol. The second kappa shape index (κ2) is 7.23. The maximum absolute atomic E-state index is 11.3. The van der Waals surface area contributed by atoms with Crippen LogP contribution >= 0.6 is 0 Å². The van der Waals surface area contributed by atoms with Crippen LogP contribution < -0.4 is 10.6 Å². The number of carboxylic acid groups (broad SMARTS) is 1. The van der Waals surface area contributed by atoms with Gasteiger partial charge >= 0.3 is 5.97 Å². The van der Waals surface area contributed by atoms with Crippen LogP contribution in [0.1, 0.15) is 27.2 Å². The molecule has 0 saturated heterocycles. The van der Waals surface area contributed by atoms with Crippen LogP contribution in [0.5, 0.6) is 0 Å². The minimum atomic E-state index is -0.978. The van der Waals surface area contributed by atoms with Crippen molar-refractivity contribution in [3.8, 4) is 0 Å². The number of likely N-dealkylation sites (N-methyl/N-ethyl adjacent to an activating group) is 1. The van der Waals surface area contributed by atoms with E-state index < -0.39 is 12.0 Å². The van der Waals surface area contributed by atoms with Crippen LogP contribution in [0.15, 0.2) is 0 Å². The molecule has 0 fully saturated rings. The summed E-state index contributed by atoms with van der Waals surface area (Å²) in [7, 11) is 0. The molecule has 0 heterocycles. The van der Waals surface area contributed by atoms with Crippen molar-refractivity contribution in [1.82, 2.24) is 10.6 Å². The molecule has 0 aliphatic heterocycles. The van der Waals surface area contributed by atoms with Crippen molar-refractivity contribution in [2.75, 3.05) is 13.1 Å². The van der Waals surface area contributed by atoms with Gasteiger partial charge in [0.2, 0.25) is 5.91 Å². The van der Waals surface area contributed by atoms with E-state index in [1.807, 2.05) is 20.8 Å². The fourth-order valence-corrected chi connectivity index (χ4v) is 1.18. The number of nitrogens with one attached hydrogen (secondary N) is 2. The Morgan fingerprint density at radius 2 is 1.93 bits per heavy atom. The molecular weight excluding hydrogens is 196 g/mol. The van der Waals surface area contributed by atoms with E-state index in [0.29, 0.717) is 13.0 Å². The lowest BCUT2D eigenvalue weighted by molar-refractivity contribution is -0.142. The average Bonchev–Trinajstić information content (AvgIpc) is 2.12. The molecule has 1 amide bonds. The quantitative estimate of drug-likeness (QED) is 0.568. The third-order valence-corrected chi connectivity index (χ3v) is 1.88. The Morgan fingerprint density at radius 1 is 1.33 bits per heavy atom. The number of hydrogen-bond acceptors (Lipinski definition) is 3. The largest absolute Gasteiger partial charge is 0.480 e. The molecule has 5 heteroatoms. The van der Waals surface area contributed by atoms with Crippen molar-refractivity contribution in [3.63, 3.8) is 0 Å². The normalized spacial score (nSPS) is 12.5. The molecule has 0 saturated carbocycles. The minimum absolute atomic E-state index is 0.165. The van der Waals surface area contributed by atoms with Crippen molar-refractivity contribution >= 4 is 11.9 Å². The van der Waals surface area contributed by atoms with Gasteiger partial charge in [-0.1, -0.05) is 20.8 Å². The van der Waals surface area contributed by atoms with Crippen molar-refractivity contribution in [1.29, 1.82) is 0 Å². The van der Waals surface area contributed by atoms with Gasteiger partial charge in [-0.25, -0.2) is 4.79 Å². The fraction of sp³-hybridized carbons (Fsp3) is 0.800. The number of aliphatic carboxylic acids is 1. The van der Waals surface area contributed by atoms with E-state index in [1.54, 1.807) is 0 Å². The first kappa shape index (κ1) is 13.9. The molecule has 0 aromatic carbocycles. The fourth-order valence-electron chi connectivity index (χ4n) is 1.18. The summed E-state index contributed by atoms with van der Waals surface area (Å²) in [6.45, 7) is 6.59. The molecule has 88 valence electrons. The third kappa shape index (κ3) is 6.90. The Labute approximate surface area is 90.2 Å². The van der Waals surface area contributed by atoms with Gasteiger partial charge in [0.15, 0.2) is 0 Å². The maximum atomic E-state index is 11.3. The van der Waals surface area contributed by atoms with E-state index in [1.165, 1.54) is 0 Å². The highest BCUT2D eigenvalue weighted by atomic mass is 16.4. The van der Waals surface area contributed by atoms with E-state index >= 15 is 0 Å². The third-order valence-electron chi connectivity index (χ3n) is 1.88. The first-order valence-corrected chi connectivity index (χ1v) is 5.20. The summed E-state index contributed by atoms with van der Waals surface area (Å²) in [5.41, 5.74) is 0. The van der Waals surface area contributed by atoms with Crippen LogP contribution in [-0.4, -0.2) is 36.1 Å². The van der Waals surface area contributed by atoms with Gasteiger partial charge in [-0.3, -0.25) is 4.79 Å². The highest BCUT2D eigenvalue weighted by molar-refractivity contribution is 5.84. The number of carbonyl (C=O) groups excluding carboxylic acids is 1. The van der Waals surface area contributed by atoms with E-state index in [9.17, 15) is 9.59 Å². The Hall–Kier alpha value is -1.10. The predicted molar refractivity (Wildman–Crippen MR) is 57.6 cm³/mol. The zero-order valence-corrected chi connectivity index (χ0v) is 9.54. The summed E-state index contributed by atoms with van der Waals surface area (Å²) in [5.74, 6) is -1.01. The number of carbonyl (C=O) groups is 2. The van der Waals surface area contributed by atoms with Gasteiger partial charge in [0.05, 0.1) is 6.54 Å². The topological polar surface area (TPSA) is 78.4 Å². The first-order chi connectivity index (χ1) is 6.97. The van der Waals surface area contributed by atoms with Crippen molar-refractivity contribution < 1.29 is 14.7 Å². The minimum Gasteiger partial charge on any atom is -0.480 e. The summed E-state index contributed by atoms with van der Waals surface area (Å²) in [6.07, 6.45) is 0.452. The Balaban J connectivity index is 4.05. The summed E-state index contributed by atoms with van der Waals surface area (Å²) in [5, 5.41) is 14.2. The molecule has 0 rings (SSSR count). The van der Waals surface area contributed by atoms with Gasteiger partial charge in [-0.2, -0.15) is 0 Å². The summed E-state index contributed by atoms with van der Waals surface area (Å²) in [4.78, 5) is 22.1. The Morgan fingerprint density at radius 3 is 2.33 bits per heavy atom. The highest BCUT2D eigenvalue weighted by Gasteiger charge is 2.20. The van der Waals surface area contributed by atoms with Crippen LogP contribution in [0.25, 0.3) is 0 Å². The zero-order chi connectivity index (χ0) is 11.8. The van der Waals surface area contributed by atoms with Gasteiger partial charge in [-0.05, 0) is 18.9 Å². The number of carboxylic acids is 1. The van der Waals surface area contributed by atoms with Crippen molar-refractivity contribution in [2.45, 2.75) is 33.2 Å². The van der Waals surface area contributed by atoms with Gasteiger partial charge in [0, 0.05) is 0 Å². The highest BCUT2D eigenvalue weighted by Crippen LogP contribution is 2.04. The summed E-state index contributed by atoms with van der Waals surface area (Å²) >= 11 is 0. The molecule has 0 radical (unpaired) electrons. The number of amides is 1. The SMILES string of the molecule is CCNCC(=O)NC(CC(C)C)C(=O)O. The molecule has 15 heavy (non-hydrogen) atoms.